The van der Waals surface area contributed by atoms with Gasteiger partial charge in [-0.1, -0.05) is 103 Å². The SMILES string of the molecule is Nc1cccc2c3cc(Cc4ccc5c6ccccc6c6ccccc6c5c4)ccc3n(-c3ccccc3)c12. The van der Waals surface area contributed by atoms with E-state index in [4.69, 9.17) is 5.73 Å². The van der Waals surface area contributed by atoms with Crippen LogP contribution in [0.15, 0.2) is 133 Å². The number of para-hydroxylation sites is 2. The third-order valence-electron chi connectivity index (χ3n) is 8.11. The minimum absolute atomic E-state index is 0.794. The first kappa shape index (κ1) is 22.0. The predicted octanol–water partition coefficient (Wildman–Crippen LogP) is 9.42. The van der Waals surface area contributed by atoms with E-state index in [-0.39, 0.29) is 0 Å². The van der Waals surface area contributed by atoms with Crippen molar-refractivity contribution in [3.8, 4) is 5.69 Å². The molecule has 0 saturated heterocycles. The summed E-state index contributed by atoms with van der Waals surface area (Å²) in [6.07, 6.45) is 0.868. The van der Waals surface area contributed by atoms with Gasteiger partial charge in [0.25, 0.3) is 0 Å². The monoisotopic (exact) mass is 498 g/mol. The first-order chi connectivity index (χ1) is 19.3. The highest BCUT2D eigenvalue weighted by Crippen LogP contribution is 2.37. The number of anilines is 1. The molecule has 0 bridgehead atoms. The number of hydrogen-bond donors (Lipinski definition) is 1. The molecule has 2 heteroatoms. The third-order valence-corrected chi connectivity index (χ3v) is 8.11. The molecule has 0 unspecified atom stereocenters. The molecule has 1 heterocycles. The highest BCUT2D eigenvalue weighted by Gasteiger charge is 2.15. The largest absolute Gasteiger partial charge is 0.397 e. The fourth-order valence-corrected chi connectivity index (χ4v) is 6.40. The molecule has 0 aliphatic carbocycles. The van der Waals surface area contributed by atoms with E-state index in [9.17, 15) is 0 Å². The second-order valence-electron chi connectivity index (χ2n) is 10.4. The Hall–Kier alpha value is -5.08. The van der Waals surface area contributed by atoms with E-state index in [1.807, 2.05) is 6.07 Å². The van der Waals surface area contributed by atoms with Crippen LogP contribution in [0.2, 0.25) is 0 Å². The zero-order valence-electron chi connectivity index (χ0n) is 21.4. The van der Waals surface area contributed by atoms with Crippen LogP contribution in [0.1, 0.15) is 11.1 Å². The number of nitrogen functional groups attached to an aromatic ring is 1. The first-order valence-electron chi connectivity index (χ1n) is 13.5. The summed E-state index contributed by atoms with van der Waals surface area (Å²) in [5, 5.41) is 10.3. The average Bonchev–Trinajstić information content (AvgIpc) is 3.33. The summed E-state index contributed by atoms with van der Waals surface area (Å²) in [4.78, 5) is 0. The van der Waals surface area contributed by atoms with Gasteiger partial charge in [-0.25, -0.2) is 0 Å². The predicted molar refractivity (Wildman–Crippen MR) is 167 cm³/mol. The lowest BCUT2D eigenvalue weighted by molar-refractivity contribution is 1.17. The van der Waals surface area contributed by atoms with Crippen molar-refractivity contribution < 1.29 is 0 Å². The smallest absolute Gasteiger partial charge is 0.0771 e. The van der Waals surface area contributed by atoms with Crippen molar-refractivity contribution in [1.29, 1.82) is 0 Å². The van der Waals surface area contributed by atoms with Crippen LogP contribution in [0.25, 0.3) is 59.8 Å². The van der Waals surface area contributed by atoms with Gasteiger partial charge in [0.1, 0.15) is 0 Å². The highest BCUT2D eigenvalue weighted by atomic mass is 15.0. The lowest BCUT2D eigenvalue weighted by Crippen LogP contribution is -1.96. The van der Waals surface area contributed by atoms with Crippen molar-refractivity contribution in [2.24, 2.45) is 0 Å². The maximum atomic E-state index is 6.54. The van der Waals surface area contributed by atoms with Gasteiger partial charge in [0.15, 0.2) is 0 Å². The summed E-state index contributed by atoms with van der Waals surface area (Å²) in [6, 6.07) is 48.1. The topological polar surface area (TPSA) is 30.9 Å². The second kappa shape index (κ2) is 8.47. The molecule has 0 atom stereocenters. The van der Waals surface area contributed by atoms with Gasteiger partial charge < -0.3 is 10.3 Å². The van der Waals surface area contributed by atoms with Gasteiger partial charge in [-0.05, 0) is 80.2 Å². The molecule has 0 fully saturated rings. The summed E-state index contributed by atoms with van der Waals surface area (Å²) in [7, 11) is 0. The third kappa shape index (κ3) is 3.35. The molecule has 7 aromatic carbocycles. The Morgan fingerprint density at radius 2 is 0.974 bits per heavy atom. The number of rotatable bonds is 3. The van der Waals surface area contributed by atoms with Crippen LogP contribution < -0.4 is 5.73 Å². The van der Waals surface area contributed by atoms with Crippen molar-refractivity contribution in [3.05, 3.63) is 145 Å². The quantitative estimate of drug-likeness (QED) is 0.191. The van der Waals surface area contributed by atoms with Crippen molar-refractivity contribution in [2.75, 3.05) is 5.73 Å². The van der Waals surface area contributed by atoms with Gasteiger partial charge in [0.05, 0.1) is 16.7 Å². The average molecular weight is 499 g/mol. The number of hydrogen-bond acceptors (Lipinski definition) is 1. The fraction of sp³-hybridized carbons (Fsp3) is 0.0270. The molecule has 0 amide bonds. The highest BCUT2D eigenvalue weighted by molar-refractivity contribution is 6.25. The van der Waals surface area contributed by atoms with Crippen LogP contribution >= 0.6 is 0 Å². The van der Waals surface area contributed by atoms with Gasteiger partial charge in [-0.3, -0.25) is 0 Å². The van der Waals surface area contributed by atoms with Crippen LogP contribution in [0, 0.1) is 0 Å². The van der Waals surface area contributed by atoms with E-state index in [1.54, 1.807) is 0 Å². The summed E-state index contributed by atoms with van der Waals surface area (Å²) in [5.74, 6) is 0. The van der Waals surface area contributed by atoms with Crippen molar-refractivity contribution in [2.45, 2.75) is 6.42 Å². The fourth-order valence-electron chi connectivity index (χ4n) is 6.40. The molecule has 8 rings (SSSR count). The minimum atomic E-state index is 0.794. The molecule has 0 aliphatic rings. The lowest BCUT2D eigenvalue weighted by atomic mass is 9.92. The summed E-state index contributed by atoms with van der Waals surface area (Å²) in [6.45, 7) is 0. The van der Waals surface area contributed by atoms with Crippen molar-refractivity contribution in [3.63, 3.8) is 0 Å². The molecule has 184 valence electrons. The van der Waals surface area contributed by atoms with Crippen LogP contribution in [0.4, 0.5) is 5.69 Å². The molecule has 1 aromatic heterocycles. The van der Waals surface area contributed by atoms with Gasteiger partial charge >= 0.3 is 0 Å². The summed E-state index contributed by atoms with van der Waals surface area (Å²) in [5.41, 5.74) is 13.3. The molecule has 0 spiro atoms. The lowest BCUT2D eigenvalue weighted by Gasteiger charge is -2.12. The molecule has 0 radical (unpaired) electrons. The summed E-state index contributed by atoms with van der Waals surface area (Å²) < 4.78 is 2.29. The Kier molecular flexibility index (Phi) is 4.77. The van der Waals surface area contributed by atoms with Crippen LogP contribution in [-0.4, -0.2) is 4.57 Å². The van der Waals surface area contributed by atoms with E-state index < -0.39 is 0 Å². The number of fused-ring (bicyclic) bond motifs is 9. The molecule has 2 N–H and O–H groups in total. The van der Waals surface area contributed by atoms with Crippen molar-refractivity contribution >= 4 is 59.8 Å². The molecule has 2 nitrogen and oxygen atoms in total. The number of nitrogens with two attached hydrogens (primary N) is 1. The number of benzene rings is 7. The van der Waals surface area contributed by atoms with Crippen LogP contribution in [0.5, 0.6) is 0 Å². The normalized spacial score (nSPS) is 11.8. The van der Waals surface area contributed by atoms with Gasteiger partial charge in [-0.15, -0.1) is 0 Å². The van der Waals surface area contributed by atoms with Crippen molar-refractivity contribution in [1.82, 2.24) is 4.57 Å². The van der Waals surface area contributed by atoms with E-state index in [1.165, 1.54) is 59.7 Å². The Morgan fingerprint density at radius 3 is 1.67 bits per heavy atom. The zero-order chi connectivity index (χ0) is 25.9. The molecule has 0 saturated carbocycles. The number of aromatic nitrogens is 1. The Balaban J connectivity index is 1.30. The standard InChI is InChI=1S/C37H26N2/c38-35-16-8-15-32-34-23-25(18-20-36(34)39(37(32)35)26-9-2-1-3-10-26)21-24-17-19-31-29-13-5-4-11-27(29)28-12-6-7-14-30(28)33(31)22-24/h1-20,22-23H,21,38H2. The molecule has 8 aromatic rings. The summed E-state index contributed by atoms with van der Waals surface area (Å²) >= 11 is 0. The Labute approximate surface area is 226 Å². The van der Waals surface area contributed by atoms with E-state index in [0.717, 1.165) is 23.3 Å². The van der Waals surface area contributed by atoms with Crippen LogP contribution in [-0.2, 0) is 6.42 Å². The maximum absolute atomic E-state index is 6.54. The molecular formula is C37H26N2. The first-order valence-corrected chi connectivity index (χ1v) is 13.5. The maximum Gasteiger partial charge on any atom is 0.0771 e. The second-order valence-corrected chi connectivity index (χ2v) is 10.4. The van der Waals surface area contributed by atoms with Crippen LogP contribution in [0.3, 0.4) is 0 Å². The van der Waals surface area contributed by atoms with Gasteiger partial charge in [-0.2, -0.15) is 0 Å². The Bertz CT molecular complexity index is 2170. The zero-order valence-corrected chi connectivity index (χ0v) is 21.4. The van der Waals surface area contributed by atoms with Gasteiger partial charge in [0, 0.05) is 16.5 Å². The number of nitrogens with zero attached hydrogens (tertiary/aromatic N) is 1. The van der Waals surface area contributed by atoms with Gasteiger partial charge in [0.2, 0.25) is 0 Å². The van der Waals surface area contributed by atoms with E-state index in [0.29, 0.717) is 0 Å². The molecule has 39 heavy (non-hydrogen) atoms. The molecule has 0 aliphatic heterocycles. The van der Waals surface area contributed by atoms with E-state index in [2.05, 4.69) is 132 Å². The Morgan fingerprint density at radius 1 is 0.436 bits per heavy atom. The van der Waals surface area contributed by atoms with E-state index >= 15 is 0 Å². The minimum Gasteiger partial charge on any atom is -0.397 e. The molecular weight excluding hydrogens is 472 g/mol.